The zero-order chi connectivity index (χ0) is 18.8. The van der Waals surface area contributed by atoms with Gasteiger partial charge in [-0.25, -0.2) is 12.8 Å². The molecule has 2 rings (SSSR count). The molecule has 0 aliphatic carbocycles. The molecule has 1 amide bonds. The number of hydrogen-bond donors (Lipinski definition) is 1. The minimum atomic E-state index is -3.76. The number of amides is 1. The maximum Gasteiger partial charge on any atom is 0.245 e. The van der Waals surface area contributed by atoms with E-state index in [9.17, 15) is 17.6 Å². The molecule has 25 heavy (non-hydrogen) atoms. The molecular formula is C17H18ClFN2O3S. The van der Waals surface area contributed by atoms with Gasteiger partial charge in [0.15, 0.2) is 0 Å². The van der Waals surface area contributed by atoms with Crippen molar-refractivity contribution in [3.05, 3.63) is 58.4 Å². The van der Waals surface area contributed by atoms with Crippen LogP contribution in [-0.2, 0) is 14.8 Å². The first-order valence-electron chi connectivity index (χ1n) is 7.38. The number of hydrogen-bond acceptors (Lipinski definition) is 3. The number of para-hydroxylation sites is 1. The summed E-state index contributed by atoms with van der Waals surface area (Å²) in [5, 5.41) is 2.50. The smallest absolute Gasteiger partial charge is 0.245 e. The summed E-state index contributed by atoms with van der Waals surface area (Å²) < 4.78 is 38.3. The molecule has 0 heterocycles. The largest absolute Gasteiger partial charge is 0.324 e. The van der Waals surface area contributed by atoms with Crippen LogP contribution in [-0.4, -0.2) is 27.1 Å². The van der Waals surface area contributed by atoms with E-state index in [2.05, 4.69) is 5.32 Å². The van der Waals surface area contributed by atoms with Gasteiger partial charge in [0.1, 0.15) is 12.4 Å². The van der Waals surface area contributed by atoms with Gasteiger partial charge in [0, 0.05) is 5.69 Å². The average Bonchev–Trinajstić information content (AvgIpc) is 2.50. The molecule has 134 valence electrons. The number of aryl methyl sites for hydroxylation is 2. The molecule has 0 aliphatic heterocycles. The van der Waals surface area contributed by atoms with Gasteiger partial charge in [-0.05, 0) is 43.2 Å². The maximum absolute atomic E-state index is 13.3. The highest BCUT2D eigenvalue weighted by molar-refractivity contribution is 7.92. The third kappa shape index (κ3) is 4.70. The van der Waals surface area contributed by atoms with Crippen LogP contribution >= 0.6 is 11.6 Å². The number of anilines is 2. The number of halogens is 2. The van der Waals surface area contributed by atoms with Gasteiger partial charge in [0.2, 0.25) is 15.9 Å². The summed E-state index contributed by atoms with van der Waals surface area (Å²) in [6.07, 6.45) is 0.969. The van der Waals surface area contributed by atoms with Gasteiger partial charge in [-0.15, -0.1) is 0 Å². The standard InChI is InChI=1S/C17H18ClFN2O3S/c1-11-5-4-6-12(2)17(11)20-16(22)10-21(25(3,23)24)13-7-8-15(19)14(18)9-13/h4-9H,10H2,1-3H3,(H,20,22). The summed E-state index contributed by atoms with van der Waals surface area (Å²) in [5.41, 5.74) is 2.48. The monoisotopic (exact) mass is 384 g/mol. The van der Waals surface area contributed by atoms with Crippen molar-refractivity contribution < 1.29 is 17.6 Å². The van der Waals surface area contributed by atoms with Crippen LogP contribution in [0.3, 0.4) is 0 Å². The Morgan fingerprint density at radius 2 is 1.80 bits per heavy atom. The van der Waals surface area contributed by atoms with Crippen LogP contribution < -0.4 is 9.62 Å². The van der Waals surface area contributed by atoms with Gasteiger partial charge in [-0.3, -0.25) is 9.10 Å². The molecule has 0 saturated carbocycles. The molecule has 0 aromatic heterocycles. The second-order valence-electron chi connectivity index (χ2n) is 5.68. The first kappa shape index (κ1) is 19.2. The van der Waals surface area contributed by atoms with Crippen molar-refractivity contribution in [2.24, 2.45) is 0 Å². The summed E-state index contributed by atoms with van der Waals surface area (Å²) in [6, 6.07) is 9.04. The van der Waals surface area contributed by atoms with Crippen molar-refractivity contribution in [2.45, 2.75) is 13.8 Å². The van der Waals surface area contributed by atoms with Crippen molar-refractivity contribution in [3.8, 4) is 0 Å². The Labute approximate surface area is 151 Å². The summed E-state index contributed by atoms with van der Waals surface area (Å²) >= 11 is 5.72. The van der Waals surface area contributed by atoms with E-state index >= 15 is 0 Å². The first-order chi connectivity index (χ1) is 11.6. The fourth-order valence-corrected chi connectivity index (χ4v) is 3.38. The van der Waals surface area contributed by atoms with E-state index in [4.69, 9.17) is 11.6 Å². The van der Waals surface area contributed by atoms with E-state index in [-0.39, 0.29) is 10.7 Å². The highest BCUT2D eigenvalue weighted by Crippen LogP contribution is 2.25. The Bertz CT molecular complexity index is 896. The topological polar surface area (TPSA) is 66.5 Å². The SMILES string of the molecule is Cc1cccc(C)c1NC(=O)CN(c1ccc(F)c(Cl)c1)S(C)(=O)=O. The number of carbonyl (C=O) groups is 1. The normalized spacial score (nSPS) is 11.2. The van der Waals surface area contributed by atoms with Gasteiger partial charge >= 0.3 is 0 Å². The summed E-state index contributed by atoms with van der Waals surface area (Å²) in [4.78, 5) is 12.4. The second kappa shape index (κ2) is 7.41. The molecule has 2 aromatic carbocycles. The van der Waals surface area contributed by atoms with E-state index in [1.807, 2.05) is 32.0 Å². The molecule has 0 spiro atoms. The number of sulfonamides is 1. The summed E-state index contributed by atoms with van der Waals surface area (Å²) in [6.45, 7) is 3.24. The molecule has 0 atom stereocenters. The number of rotatable bonds is 5. The lowest BCUT2D eigenvalue weighted by molar-refractivity contribution is -0.114. The Hall–Kier alpha value is -2.12. The van der Waals surface area contributed by atoms with Crippen molar-refractivity contribution in [1.82, 2.24) is 0 Å². The van der Waals surface area contributed by atoms with Crippen LogP contribution in [0.2, 0.25) is 5.02 Å². The predicted molar refractivity (Wildman–Crippen MR) is 98.1 cm³/mol. The fourth-order valence-electron chi connectivity index (χ4n) is 2.36. The molecule has 0 bridgehead atoms. The minimum Gasteiger partial charge on any atom is -0.324 e. The molecule has 2 aromatic rings. The second-order valence-corrected chi connectivity index (χ2v) is 8.00. The number of nitrogens with one attached hydrogen (secondary N) is 1. The Balaban J connectivity index is 2.29. The Morgan fingerprint density at radius 3 is 2.32 bits per heavy atom. The highest BCUT2D eigenvalue weighted by Gasteiger charge is 2.22. The molecule has 0 radical (unpaired) electrons. The van der Waals surface area contributed by atoms with Crippen molar-refractivity contribution in [2.75, 3.05) is 22.4 Å². The van der Waals surface area contributed by atoms with E-state index < -0.39 is 28.3 Å². The quantitative estimate of drug-likeness (QED) is 0.857. The third-order valence-electron chi connectivity index (χ3n) is 3.62. The Morgan fingerprint density at radius 1 is 1.20 bits per heavy atom. The van der Waals surface area contributed by atoms with Gasteiger partial charge in [0.05, 0.1) is 17.0 Å². The van der Waals surface area contributed by atoms with Crippen LogP contribution in [0.15, 0.2) is 36.4 Å². The van der Waals surface area contributed by atoms with E-state index in [0.29, 0.717) is 5.69 Å². The summed E-state index contributed by atoms with van der Waals surface area (Å²) in [7, 11) is -3.76. The molecule has 0 saturated heterocycles. The number of nitrogens with zero attached hydrogens (tertiary/aromatic N) is 1. The average molecular weight is 385 g/mol. The first-order valence-corrected chi connectivity index (χ1v) is 9.61. The molecule has 1 N–H and O–H groups in total. The Kier molecular flexibility index (Phi) is 5.69. The van der Waals surface area contributed by atoms with E-state index in [0.717, 1.165) is 27.8 Å². The van der Waals surface area contributed by atoms with Crippen molar-refractivity contribution in [1.29, 1.82) is 0 Å². The van der Waals surface area contributed by atoms with E-state index in [1.165, 1.54) is 12.1 Å². The van der Waals surface area contributed by atoms with Gasteiger partial charge in [-0.2, -0.15) is 0 Å². The minimum absolute atomic E-state index is 0.116. The zero-order valence-corrected chi connectivity index (χ0v) is 15.6. The molecule has 0 aliphatic rings. The third-order valence-corrected chi connectivity index (χ3v) is 5.05. The lowest BCUT2D eigenvalue weighted by Crippen LogP contribution is -2.37. The molecule has 0 unspecified atom stereocenters. The van der Waals surface area contributed by atoms with Crippen molar-refractivity contribution in [3.63, 3.8) is 0 Å². The highest BCUT2D eigenvalue weighted by atomic mass is 35.5. The van der Waals surface area contributed by atoms with Crippen LogP contribution in [0.25, 0.3) is 0 Å². The van der Waals surface area contributed by atoms with E-state index in [1.54, 1.807) is 0 Å². The maximum atomic E-state index is 13.3. The van der Waals surface area contributed by atoms with Crippen molar-refractivity contribution >= 4 is 38.9 Å². The lowest BCUT2D eigenvalue weighted by Gasteiger charge is -2.22. The molecule has 8 heteroatoms. The predicted octanol–water partition coefficient (Wildman–Crippen LogP) is 3.50. The van der Waals surface area contributed by atoms with Crippen LogP contribution in [0.5, 0.6) is 0 Å². The van der Waals surface area contributed by atoms with Gasteiger partial charge in [-0.1, -0.05) is 29.8 Å². The summed E-state index contributed by atoms with van der Waals surface area (Å²) in [5.74, 6) is -1.18. The fraction of sp³-hybridized carbons (Fsp3) is 0.235. The lowest BCUT2D eigenvalue weighted by atomic mass is 10.1. The van der Waals surface area contributed by atoms with Gasteiger partial charge < -0.3 is 5.32 Å². The number of benzene rings is 2. The van der Waals surface area contributed by atoms with Crippen LogP contribution in [0.1, 0.15) is 11.1 Å². The molecular weight excluding hydrogens is 367 g/mol. The molecule has 5 nitrogen and oxygen atoms in total. The zero-order valence-electron chi connectivity index (χ0n) is 14.0. The van der Waals surface area contributed by atoms with Crippen LogP contribution in [0.4, 0.5) is 15.8 Å². The molecule has 0 fully saturated rings. The number of carbonyl (C=O) groups excluding carboxylic acids is 1. The van der Waals surface area contributed by atoms with Gasteiger partial charge in [0.25, 0.3) is 0 Å². The van der Waals surface area contributed by atoms with Crippen LogP contribution in [0, 0.1) is 19.7 Å².